The molecule has 0 saturated heterocycles. The summed E-state index contributed by atoms with van der Waals surface area (Å²) < 4.78 is 0. The number of thiol groups is 1. The van der Waals surface area contributed by atoms with Gasteiger partial charge < -0.3 is 0 Å². The molecular formula is C12H16S. The molecule has 1 aromatic carbocycles. The van der Waals surface area contributed by atoms with Crippen LogP contribution in [-0.2, 0) is 0 Å². The number of rotatable bonds is 1. The van der Waals surface area contributed by atoms with E-state index in [2.05, 4.69) is 36.9 Å². The van der Waals surface area contributed by atoms with E-state index in [1.165, 1.54) is 37.7 Å². The van der Waals surface area contributed by atoms with Crippen molar-refractivity contribution in [3.63, 3.8) is 0 Å². The van der Waals surface area contributed by atoms with Crippen LogP contribution >= 0.6 is 12.6 Å². The van der Waals surface area contributed by atoms with Crippen molar-refractivity contribution in [2.24, 2.45) is 0 Å². The van der Waals surface area contributed by atoms with Gasteiger partial charge in [0.1, 0.15) is 0 Å². The summed E-state index contributed by atoms with van der Waals surface area (Å²) in [5.41, 5.74) is 1.49. The third-order valence-electron chi connectivity index (χ3n) is 2.95. The molecule has 0 N–H and O–H groups in total. The molecule has 0 radical (unpaired) electrons. The fraction of sp³-hybridized carbons (Fsp3) is 0.500. The van der Waals surface area contributed by atoms with Gasteiger partial charge in [0.25, 0.3) is 0 Å². The summed E-state index contributed by atoms with van der Waals surface area (Å²) >= 11 is 4.37. The van der Waals surface area contributed by atoms with Crippen molar-refractivity contribution in [3.05, 3.63) is 29.8 Å². The largest absolute Gasteiger partial charge is 0.143 e. The van der Waals surface area contributed by atoms with Crippen LogP contribution in [-0.4, -0.2) is 0 Å². The Hall–Kier alpha value is -0.430. The van der Waals surface area contributed by atoms with Crippen molar-refractivity contribution in [2.45, 2.75) is 42.9 Å². The van der Waals surface area contributed by atoms with Crippen LogP contribution in [0, 0.1) is 0 Å². The highest BCUT2D eigenvalue weighted by atomic mass is 32.1. The molecule has 2 rings (SSSR count). The molecular weight excluding hydrogens is 176 g/mol. The molecule has 0 atom stereocenters. The molecule has 0 amide bonds. The summed E-state index contributed by atoms with van der Waals surface area (Å²) in [6, 6.07) is 8.64. The SMILES string of the molecule is Sc1cccc(C2CCCCC2)c1. The Morgan fingerprint density at radius 2 is 1.85 bits per heavy atom. The van der Waals surface area contributed by atoms with E-state index in [1.807, 2.05) is 0 Å². The Kier molecular flexibility index (Phi) is 2.94. The zero-order chi connectivity index (χ0) is 9.10. The van der Waals surface area contributed by atoms with Crippen molar-refractivity contribution in [2.75, 3.05) is 0 Å². The molecule has 1 aliphatic rings. The fourth-order valence-corrected chi connectivity index (χ4v) is 2.45. The predicted octanol–water partition coefficient (Wildman–Crippen LogP) is 4.02. The highest BCUT2D eigenvalue weighted by molar-refractivity contribution is 7.80. The average molecular weight is 192 g/mol. The first-order valence-electron chi connectivity index (χ1n) is 5.15. The van der Waals surface area contributed by atoms with E-state index in [-0.39, 0.29) is 0 Å². The highest BCUT2D eigenvalue weighted by Gasteiger charge is 2.14. The van der Waals surface area contributed by atoms with Crippen molar-refractivity contribution in [1.82, 2.24) is 0 Å². The van der Waals surface area contributed by atoms with Crippen LogP contribution in [0.15, 0.2) is 29.2 Å². The molecule has 0 unspecified atom stereocenters. The lowest BCUT2D eigenvalue weighted by Crippen LogP contribution is -2.04. The van der Waals surface area contributed by atoms with Gasteiger partial charge in [-0.25, -0.2) is 0 Å². The molecule has 1 heteroatoms. The van der Waals surface area contributed by atoms with E-state index in [0.717, 1.165) is 10.8 Å². The van der Waals surface area contributed by atoms with Gasteiger partial charge in [0.15, 0.2) is 0 Å². The molecule has 0 spiro atoms. The summed E-state index contributed by atoms with van der Waals surface area (Å²) in [5.74, 6) is 0.806. The minimum atomic E-state index is 0.806. The summed E-state index contributed by atoms with van der Waals surface area (Å²) in [5, 5.41) is 0. The minimum absolute atomic E-state index is 0.806. The first-order chi connectivity index (χ1) is 6.36. The van der Waals surface area contributed by atoms with Crippen molar-refractivity contribution >= 4 is 12.6 Å². The van der Waals surface area contributed by atoms with E-state index in [0.29, 0.717) is 0 Å². The molecule has 0 bridgehead atoms. The number of benzene rings is 1. The van der Waals surface area contributed by atoms with Crippen LogP contribution in [0.4, 0.5) is 0 Å². The Labute approximate surface area is 85.8 Å². The third-order valence-corrected chi connectivity index (χ3v) is 3.22. The molecule has 1 aliphatic carbocycles. The second kappa shape index (κ2) is 4.19. The van der Waals surface area contributed by atoms with Gasteiger partial charge in [-0.05, 0) is 36.5 Å². The van der Waals surface area contributed by atoms with Crippen LogP contribution < -0.4 is 0 Å². The maximum absolute atomic E-state index is 4.37. The van der Waals surface area contributed by atoms with Crippen LogP contribution in [0.2, 0.25) is 0 Å². The van der Waals surface area contributed by atoms with E-state index in [1.54, 1.807) is 0 Å². The normalized spacial score (nSPS) is 18.8. The molecule has 70 valence electrons. The summed E-state index contributed by atoms with van der Waals surface area (Å²) in [6.45, 7) is 0. The number of hydrogen-bond donors (Lipinski definition) is 1. The van der Waals surface area contributed by atoms with Gasteiger partial charge in [-0.15, -0.1) is 12.6 Å². The van der Waals surface area contributed by atoms with E-state index < -0.39 is 0 Å². The van der Waals surface area contributed by atoms with Gasteiger partial charge in [0.2, 0.25) is 0 Å². The monoisotopic (exact) mass is 192 g/mol. The van der Waals surface area contributed by atoms with Crippen LogP contribution in [0.3, 0.4) is 0 Å². The molecule has 0 aliphatic heterocycles. The summed E-state index contributed by atoms with van der Waals surface area (Å²) in [4.78, 5) is 1.10. The zero-order valence-corrected chi connectivity index (χ0v) is 8.76. The molecule has 0 nitrogen and oxygen atoms in total. The average Bonchev–Trinajstić information content (AvgIpc) is 2.19. The predicted molar refractivity (Wildman–Crippen MR) is 59.5 cm³/mol. The van der Waals surface area contributed by atoms with Gasteiger partial charge in [-0.3, -0.25) is 0 Å². The highest BCUT2D eigenvalue weighted by Crippen LogP contribution is 2.33. The van der Waals surface area contributed by atoms with E-state index in [9.17, 15) is 0 Å². The fourth-order valence-electron chi connectivity index (χ4n) is 2.21. The van der Waals surface area contributed by atoms with Crippen LogP contribution in [0.1, 0.15) is 43.6 Å². The maximum Gasteiger partial charge on any atom is 0.00428 e. The lowest BCUT2D eigenvalue weighted by molar-refractivity contribution is 0.443. The first-order valence-corrected chi connectivity index (χ1v) is 5.60. The second-order valence-electron chi connectivity index (χ2n) is 3.93. The third kappa shape index (κ3) is 2.28. The van der Waals surface area contributed by atoms with Crippen LogP contribution in [0.5, 0.6) is 0 Å². The van der Waals surface area contributed by atoms with E-state index in [4.69, 9.17) is 0 Å². The molecule has 1 saturated carbocycles. The minimum Gasteiger partial charge on any atom is -0.143 e. The Morgan fingerprint density at radius 1 is 1.08 bits per heavy atom. The van der Waals surface area contributed by atoms with Crippen molar-refractivity contribution < 1.29 is 0 Å². The topological polar surface area (TPSA) is 0 Å². The zero-order valence-electron chi connectivity index (χ0n) is 7.87. The second-order valence-corrected chi connectivity index (χ2v) is 4.45. The smallest absolute Gasteiger partial charge is 0.00428 e. The molecule has 13 heavy (non-hydrogen) atoms. The Bertz CT molecular complexity index is 274. The lowest BCUT2D eigenvalue weighted by atomic mass is 9.84. The Morgan fingerprint density at radius 3 is 2.54 bits per heavy atom. The summed E-state index contributed by atoms with van der Waals surface area (Å²) in [7, 11) is 0. The first kappa shape index (κ1) is 9.14. The summed E-state index contributed by atoms with van der Waals surface area (Å²) in [6.07, 6.45) is 6.98. The van der Waals surface area contributed by atoms with Gasteiger partial charge >= 0.3 is 0 Å². The maximum atomic E-state index is 4.37. The standard InChI is InChI=1S/C12H16S/c13-12-8-4-7-11(9-12)10-5-2-1-3-6-10/h4,7-10,13H,1-3,5-6H2. The molecule has 0 heterocycles. The van der Waals surface area contributed by atoms with Crippen LogP contribution in [0.25, 0.3) is 0 Å². The number of hydrogen-bond acceptors (Lipinski definition) is 1. The molecule has 1 aromatic rings. The lowest BCUT2D eigenvalue weighted by Gasteiger charge is -2.21. The van der Waals surface area contributed by atoms with Gasteiger partial charge in [-0.2, -0.15) is 0 Å². The van der Waals surface area contributed by atoms with Gasteiger partial charge in [0, 0.05) is 4.90 Å². The quantitative estimate of drug-likeness (QED) is 0.638. The van der Waals surface area contributed by atoms with Crippen molar-refractivity contribution in [1.29, 1.82) is 0 Å². The molecule has 0 aromatic heterocycles. The Balaban J connectivity index is 2.14. The van der Waals surface area contributed by atoms with Gasteiger partial charge in [0.05, 0.1) is 0 Å². The molecule has 1 fully saturated rings. The van der Waals surface area contributed by atoms with Gasteiger partial charge in [-0.1, -0.05) is 31.4 Å². The van der Waals surface area contributed by atoms with Crippen molar-refractivity contribution in [3.8, 4) is 0 Å². The van der Waals surface area contributed by atoms with E-state index >= 15 is 0 Å².